The predicted octanol–water partition coefficient (Wildman–Crippen LogP) is 1.31. The summed E-state index contributed by atoms with van der Waals surface area (Å²) < 4.78 is 14.7. The molecule has 0 spiro atoms. The summed E-state index contributed by atoms with van der Waals surface area (Å²) in [6.07, 6.45) is 3.42. The van der Waals surface area contributed by atoms with Crippen LogP contribution in [0.25, 0.3) is 0 Å². The van der Waals surface area contributed by atoms with Gasteiger partial charge in [-0.15, -0.1) is 0 Å². The third-order valence-electron chi connectivity index (χ3n) is 4.59. The SMILES string of the molecule is CN1CCN(c2nc(CCC=O)cn(Cc3ccc(F)cc3)c2=O)CC1. The lowest BCUT2D eigenvalue weighted by atomic mass is 10.2. The summed E-state index contributed by atoms with van der Waals surface area (Å²) in [5.74, 6) is 0.129. The van der Waals surface area contributed by atoms with Gasteiger partial charge >= 0.3 is 0 Å². The molecule has 0 atom stereocenters. The van der Waals surface area contributed by atoms with Crippen molar-refractivity contribution in [1.29, 1.82) is 0 Å². The Balaban J connectivity index is 1.93. The maximum absolute atomic E-state index is 13.1. The number of aryl methyl sites for hydroxylation is 1. The number of aldehydes is 1. The summed E-state index contributed by atoms with van der Waals surface area (Å²) in [4.78, 5) is 32.4. The lowest BCUT2D eigenvalue weighted by Gasteiger charge is -2.33. The van der Waals surface area contributed by atoms with Gasteiger partial charge in [0.1, 0.15) is 12.1 Å². The van der Waals surface area contributed by atoms with Crippen LogP contribution in [0.1, 0.15) is 17.7 Å². The van der Waals surface area contributed by atoms with Crippen molar-refractivity contribution in [1.82, 2.24) is 14.5 Å². The van der Waals surface area contributed by atoms with Crippen LogP contribution in [0.5, 0.6) is 0 Å². The molecule has 3 rings (SSSR count). The number of nitrogens with zero attached hydrogens (tertiary/aromatic N) is 4. The van der Waals surface area contributed by atoms with Gasteiger partial charge in [0.05, 0.1) is 12.2 Å². The molecule has 0 aliphatic carbocycles. The van der Waals surface area contributed by atoms with E-state index in [-0.39, 0.29) is 11.4 Å². The molecule has 0 saturated carbocycles. The van der Waals surface area contributed by atoms with E-state index in [2.05, 4.69) is 16.9 Å². The molecule has 1 saturated heterocycles. The summed E-state index contributed by atoms with van der Waals surface area (Å²) in [6, 6.07) is 6.11. The zero-order valence-electron chi connectivity index (χ0n) is 14.9. The van der Waals surface area contributed by atoms with Gasteiger partial charge in [-0.25, -0.2) is 9.37 Å². The zero-order valence-corrected chi connectivity index (χ0v) is 14.9. The van der Waals surface area contributed by atoms with Crippen LogP contribution in [0, 0.1) is 5.82 Å². The number of carbonyl (C=O) groups is 1. The van der Waals surface area contributed by atoms with E-state index >= 15 is 0 Å². The fraction of sp³-hybridized carbons (Fsp3) is 0.421. The zero-order chi connectivity index (χ0) is 18.5. The highest BCUT2D eigenvalue weighted by Crippen LogP contribution is 2.12. The van der Waals surface area contributed by atoms with Crippen LogP contribution in [-0.2, 0) is 17.8 Å². The third kappa shape index (κ3) is 4.35. The normalized spacial score (nSPS) is 15.2. The van der Waals surface area contributed by atoms with Crippen molar-refractivity contribution in [3.63, 3.8) is 0 Å². The average molecular weight is 358 g/mol. The Morgan fingerprint density at radius 3 is 2.50 bits per heavy atom. The molecule has 0 unspecified atom stereocenters. The summed E-state index contributed by atoms with van der Waals surface area (Å²) >= 11 is 0. The van der Waals surface area contributed by atoms with E-state index in [1.54, 1.807) is 22.9 Å². The molecule has 0 N–H and O–H groups in total. The molecule has 1 aromatic carbocycles. The molecule has 2 heterocycles. The molecule has 26 heavy (non-hydrogen) atoms. The van der Waals surface area contributed by atoms with Gasteiger partial charge in [0, 0.05) is 38.8 Å². The average Bonchev–Trinajstić information content (AvgIpc) is 2.65. The van der Waals surface area contributed by atoms with Crippen molar-refractivity contribution >= 4 is 12.1 Å². The molecule has 138 valence electrons. The first-order valence-electron chi connectivity index (χ1n) is 8.79. The number of rotatable bonds is 6. The van der Waals surface area contributed by atoms with Crippen molar-refractivity contribution in [3.05, 3.63) is 57.9 Å². The van der Waals surface area contributed by atoms with E-state index in [0.717, 1.165) is 38.0 Å². The number of likely N-dealkylation sites (N-methyl/N-ethyl adjacent to an activating group) is 1. The van der Waals surface area contributed by atoms with E-state index in [0.29, 0.717) is 30.9 Å². The van der Waals surface area contributed by atoms with E-state index in [1.807, 2.05) is 4.90 Å². The third-order valence-corrected chi connectivity index (χ3v) is 4.59. The Bertz CT molecular complexity index is 811. The summed E-state index contributed by atoms with van der Waals surface area (Å²) in [5, 5.41) is 0. The number of hydrogen-bond acceptors (Lipinski definition) is 5. The number of benzene rings is 1. The van der Waals surface area contributed by atoms with Gasteiger partial charge in [-0.2, -0.15) is 0 Å². The van der Waals surface area contributed by atoms with Crippen LogP contribution in [0.15, 0.2) is 35.3 Å². The molecule has 2 aromatic rings. The Morgan fingerprint density at radius 1 is 1.15 bits per heavy atom. The molecule has 1 aliphatic heterocycles. The maximum Gasteiger partial charge on any atom is 0.293 e. The Kier molecular flexibility index (Phi) is 5.78. The number of piperazine rings is 1. The lowest BCUT2D eigenvalue weighted by Crippen LogP contribution is -2.47. The molecule has 0 radical (unpaired) electrons. The molecule has 6 nitrogen and oxygen atoms in total. The summed E-state index contributed by atoms with van der Waals surface area (Å²) in [5.41, 5.74) is 1.40. The number of aromatic nitrogens is 2. The fourth-order valence-electron chi connectivity index (χ4n) is 3.04. The fourth-order valence-corrected chi connectivity index (χ4v) is 3.04. The van der Waals surface area contributed by atoms with Crippen molar-refractivity contribution < 1.29 is 9.18 Å². The van der Waals surface area contributed by atoms with Gasteiger partial charge < -0.3 is 19.2 Å². The molecule has 1 aromatic heterocycles. The molecule has 7 heteroatoms. The summed E-state index contributed by atoms with van der Waals surface area (Å²) in [6.45, 7) is 3.57. The predicted molar refractivity (Wildman–Crippen MR) is 98.1 cm³/mol. The number of carbonyl (C=O) groups excluding carboxylic acids is 1. The summed E-state index contributed by atoms with van der Waals surface area (Å²) in [7, 11) is 2.05. The Hall–Kier alpha value is -2.54. The van der Waals surface area contributed by atoms with Crippen LogP contribution in [0.3, 0.4) is 0 Å². The van der Waals surface area contributed by atoms with Gasteiger partial charge in [-0.1, -0.05) is 12.1 Å². The molecular weight excluding hydrogens is 335 g/mol. The first kappa shape index (κ1) is 18.3. The van der Waals surface area contributed by atoms with Crippen molar-refractivity contribution in [2.24, 2.45) is 0 Å². The second kappa shape index (κ2) is 8.23. The van der Waals surface area contributed by atoms with Crippen LogP contribution >= 0.6 is 0 Å². The largest absolute Gasteiger partial charge is 0.349 e. The minimum Gasteiger partial charge on any atom is -0.349 e. The first-order chi connectivity index (χ1) is 12.6. The number of hydrogen-bond donors (Lipinski definition) is 0. The minimum atomic E-state index is -0.305. The molecule has 1 aliphatic rings. The van der Waals surface area contributed by atoms with Gasteiger partial charge in [-0.3, -0.25) is 4.79 Å². The van der Waals surface area contributed by atoms with Gasteiger partial charge in [-0.05, 0) is 31.2 Å². The van der Waals surface area contributed by atoms with Crippen molar-refractivity contribution in [2.45, 2.75) is 19.4 Å². The quantitative estimate of drug-likeness (QED) is 0.729. The topological polar surface area (TPSA) is 58.4 Å². The van der Waals surface area contributed by atoms with Gasteiger partial charge in [0.2, 0.25) is 0 Å². The monoisotopic (exact) mass is 358 g/mol. The molecule has 0 bridgehead atoms. The highest BCUT2D eigenvalue weighted by Gasteiger charge is 2.20. The highest BCUT2D eigenvalue weighted by molar-refractivity contribution is 5.50. The van der Waals surface area contributed by atoms with Gasteiger partial charge in [0.15, 0.2) is 5.82 Å². The van der Waals surface area contributed by atoms with Crippen LogP contribution in [0.2, 0.25) is 0 Å². The van der Waals surface area contributed by atoms with E-state index in [4.69, 9.17) is 0 Å². The Morgan fingerprint density at radius 2 is 1.85 bits per heavy atom. The van der Waals surface area contributed by atoms with E-state index in [9.17, 15) is 14.0 Å². The number of halogens is 1. The highest BCUT2D eigenvalue weighted by atomic mass is 19.1. The maximum atomic E-state index is 13.1. The molecule has 1 fully saturated rings. The Labute approximate surface area is 151 Å². The van der Waals surface area contributed by atoms with E-state index in [1.165, 1.54) is 12.1 Å². The minimum absolute atomic E-state index is 0.159. The second-order valence-corrected chi connectivity index (χ2v) is 6.61. The second-order valence-electron chi connectivity index (χ2n) is 6.61. The van der Waals surface area contributed by atoms with E-state index < -0.39 is 0 Å². The van der Waals surface area contributed by atoms with Crippen LogP contribution < -0.4 is 10.5 Å². The molecule has 0 amide bonds. The standard InChI is InChI=1S/C19H23FN4O2/c1-22-8-10-23(11-9-22)18-19(26)24(14-17(21-18)3-2-12-25)13-15-4-6-16(20)7-5-15/h4-7,12,14H,2-3,8-11,13H2,1H3. The number of anilines is 1. The smallest absolute Gasteiger partial charge is 0.293 e. The van der Waals surface area contributed by atoms with Crippen LogP contribution in [-0.4, -0.2) is 54.0 Å². The molecular formula is C19H23FN4O2. The van der Waals surface area contributed by atoms with Crippen LogP contribution in [0.4, 0.5) is 10.2 Å². The first-order valence-corrected chi connectivity index (χ1v) is 8.79. The lowest BCUT2D eigenvalue weighted by molar-refractivity contribution is -0.107. The van der Waals surface area contributed by atoms with Crippen molar-refractivity contribution in [3.8, 4) is 0 Å². The van der Waals surface area contributed by atoms with Crippen molar-refractivity contribution in [2.75, 3.05) is 38.1 Å². The van der Waals surface area contributed by atoms with Gasteiger partial charge in [0.25, 0.3) is 5.56 Å².